The molecule has 0 aliphatic rings. The molecule has 0 fully saturated rings. The lowest BCUT2D eigenvalue weighted by molar-refractivity contribution is -0.276. The lowest BCUT2D eigenvalue weighted by atomic mass is 9.95. The smallest absolute Gasteiger partial charge is 0.399 e. The predicted octanol–water partition coefficient (Wildman–Crippen LogP) is 8.61. The summed E-state index contributed by atoms with van der Waals surface area (Å²) in [5.74, 6) is 0.748. The van der Waals surface area contributed by atoms with Crippen LogP contribution >= 0.6 is 0 Å². The zero-order valence-corrected chi connectivity index (χ0v) is 19.8. The Labute approximate surface area is 210 Å². The van der Waals surface area contributed by atoms with Crippen LogP contribution in [-0.4, -0.2) is 6.36 Å². The van der Waals surface area contributed by atoms with Crippen LogP contribution in [0.4, 0.5) is 26.3 Å². The van der Waals surface area contributed by atoms with E-state index < -0.39 is 29.6 Å². The molecule has 0 spiro atoms. The molecule has 188 valence electrons. The van der Waals surface area contributed by atoms with Crippen molar-refractivity contribution in [2.75, 3.05) is 0 Å². The average molecular weight is 510 g/mol. The van der Waals surface area contributed by atoms with E-state index in [1.165, 1.54) is 12.1 Å². The molecule has 0 unspecified atom stereocenters. The normalized spacial score (nSPS) is 11.1. The molecule has 0 saturated heterocycles. The highest BCUT2D eigenvalue weighted by Crippen LogP contribution is 2.35. The fraction of sp³-hybridized carbons (Fsp3) is 0.133. The minimum Gasteiger partial charge on any atom is -0.399 e. The van der Waals surface area contributed by atoms with Gasteiger partial charge in [-0.05, 0) is 78.1 Å². The summed E-state index contributed by atoms with van der Waals surface area (Å²) < 4.78 is 83.7. The molecule has 0 bridgehead atoms. The maximum atomic E-state index is 15.0. The van der Waals surface area contributed by atoms with Crippen molar-refractivity contribution in [2.24, 2.45) is 0 Å². The summed E-state index contributed by atoms with van der Waals surface area (Å²) in [6.45, 7) is 3.98. The molecule has 0 saturated carbocycles. The molecule has 0 atom stereocenters. The third-order valence-electron chi connectivity index (χ3n) is 5.71. The van der Waals surface area contributed by atoms with Gasteiger partial charge in [0.15, 0.2) is 11.6 Å². The van der Waals surface area contributed by atoms with Gasteiger partial charge in [0.05, 0.1) is 0 Å². The number of halogens is 6. The second-order valence-corrected chi connectivity index (χ2v) is 8.35. The maximum absolute atomic E-state index is 15.0. The third-order valence-corrected chi connectivity index (χ3v) is 5.71. The van der Waals surface area contributed by atoms with Gasteiger partial charge in [0.2, 0.25) is 5.75 Å². The first-order chi connectivity index (χ1) is 17.5. The molecule has 1 nitrogen and oxygen atoms in total. The van der Waals surface area contributed by atoms with E-state index in [9.17, 15) is 26.3 Å². The summed E-state index contributed by atoms with van der Waals surface area (Å²) in [6.07, 6.45) is -4.58. The molecule has 0 amide bonds. The van der Waals surface area contributed by atoms with Crippen molar-refractivity contribution in [3.05, 3.63) is 113 Å². The zero-order chi connectivity index (χ0) is 26.7. The van der Waals surface area contributed by atoms with Gasteiger partial charge in [-0.15, -0.1) is 13.2 Å². The lowest BCUT2D eigenvalue weighted by Gasteiger charge is -2.13. The highest BCUT2D eigenvalue weighted by Gasteiger charge is 2.34. The van der Waals surface area contributed by atoms with Gasteiger partial charge in [-0.2, -0.15) is 0 Å². The van der Waals surface area contributed by atoms with Crippen molar-refractivity contribution in [2.45, 2.75) is 26.6 Å². The number of alkyl halides is 3. The average Bonchev–Trinajstić information content (AvgIpc) is 2.85. The molecule has 0 radical (unpaired) electrons. The Hall–Kier alpha value is -4.18. The molecular weight excluding hydrogens is 490 g/mol. The molecule has 0 heterocycles. The zero-order valence-electron chi connectivity index (χ0n) is 19.8. The third kappa shape index (κ3) is 6.15. The Morgan fingerprint density at radius 3 is 1.89 bits per heavy atom. The van der Waals surface area contributed by atoms with E-state index in [1.54, 1.807) is 12.1 Å². The second kappa shape index (κ2) is 10.4. The van der Waals surface area contributed by atoms with Crippen LogP contribution in [0, 0.1) is 36.2 Å². The van der Waals surface area contributed by atoms with Gasteiger partial charge in [-0.25, -0.2) is 13.2 Å². The maximum Gasteiger partial charge on any atom is 0.573 e. The van der Waals surface area contributed by atoms with Crippen molar-refractivity contribution in [3.63, 3.8) is 0 Å². The van der Waals surface area contributed by atoms with Crippen LogP contribution in [0.2, 0.25) is 0 Å². The van der Waals surface area contributed by atoms with Crippen LogP contribution in [0.3, 0.4) is 0 Å². The second-order valence-electron chi connectivity index (χ2n) is 8.35. The van der Waals surface area contributed by atoms with Gasteiger partial charge >= 0.3 is 6.36 Å². The quantitative estimate of drug-likeness (QED) is 0.197. The first-order valence-electron chi connectivity index (χ1n) is 11.3. The van der Waals surface area contributed by atoms with E-state index >= 15 is 0 Å². The Kier molecular flexibility index (Phi) is 7.30. The van der Waals surface area contributed by atoms with Gasteiger partial charge < -0.3 is 4.74 Å². The molecular formula is C30H20F6O. The first-order valence-corrected chi connectivity index (χ1v) is 11.3. The monoisotopic (exact) mass is 510 g/mol. The number of aryl methyl sites for hydroxylation is 2. The summed E-state index contributed by atoms with van der Waals surface area (Å²) >= 11 is 0. The van der Waals surface area contributed by atoms with Crippen LogP contribution in [0.1, 0.15) is 29.2 Å². The first kappa shape index (κ1) is 25.9. The molecule has 4 aromatic carbocycles. The van der Waals surface area contributed by atoms with Crippen LogP contribution in [0.5, 0.6) is 5.75 Å². The van der Waals surface area contributed by atoms with Crippen molar-refractivity contribution >= 4 is 0 Å². The molecule has 0 aromatic heterocycles. The number of hydrogen-bond acceptors (Lipinski definition) is 1. The SMILES string of the molecule is CCc1cc(-c2ccc(-c3cc(F)c(OC(F)(F)F)c(F)c3)c(F)c2)ccc1C#Cc1ccc(C)cc1. The predicted molar refractivity (Wildman–Crippen MR) is 130 cm³/mol. The minimum absolute atomic E-state index is 0.170. The van der Waals surface area contributed by atoms with Crippen LogP contribution in [0.25, 0.3) is 22.3 Å². The Morgan fingerprint density at radius 2 is 1.30 bits per heavy atom. The molecule has 0 aliphatic heterocycles. The Balaban J connectivity index is 1.63. The van der Waals surface area contributed by atoms with Gasteiger partial charge in [0.1, 0.15) is 5.82 Å². The van der Waals surface area contributed by atoms with E-state index in [0.717, 1.165) is 27.8 Å². The van der Waals surface area contributed by atoms with Crippen molar-refractivity contribution < 1.29 is 31.1 Å². The fourth-order valence-electron chi connectivity index (χ4n) is 3.82. The largest absolute Gasteiger partial charge is 0.573 e. The highest BCUT2D eigenvalue weighted by molar-refractivity contribution is 5.72. The Bertz CT molecular complexity index is 1490. The molecule has 0 N–H and O–H groups in total. The van der Waals surface area contributed by atoms with E-state index in [0.29, 0.717) is 24.1 Å². The summed E-state index contributed by atoms with van der Waals surface area (Å²) in [7, 11) is 0. The summed E-state index contributed by atoms with van der Waals surface area (Å²) in [5, 5.41) is 0. The van der Waals surface area contributed by atoms with Crippen molar-refractivity contribution in [1.29, 1.82) is 0 Å². The number of ether oxygens (including phenoxy) is 1. The van der Waals surface area contributed by atoms with Crippen LogP contribution in [-0.2, 0) is 6.42 Å². The summed E-state index contributed by atoms with van der Waals surface area (Å²) in [4.78, 5) is 0. The van der Waals surface area contributed by atoms with E-state index in [-0.39, 0.29) is 11.1 Å². The van der Waals surface area contributed by atoms with Crippen LogP contribution < -0.4 is 4.74 Å². The molecule has 37 heavy (non-hydrogen) atoms. The van der Waals surface area contributed by atoms with E-state index in [1.807, 2.05) is 50.2 Å². The van der Waals surface area contributed by atoms with Gasteiger partial charge in [0.25, 0.3) is 0 Å². The number of rotatable bonds is 4. The summed E-state index contributed by atoms with van der Waals surface area (Å²) in [5.41, 5.74) is 4.65. The van der Waals surface area contributed by atoms with Gasteiger partial charge in [-0.1, -0.05) is 54.7 Å². The molecule has 7 heteroatoms. The topological polar surface area (TPSA) is 9.23 Å². The van der Waals surface area contributed by atoms with E-state index in [2.05, 4.69) is 16.6 Å². The lowest BCUT2D eigenvalue weighted by Crippen LogP contribution is -2.19. The van der Waals surface area contributed by atoms with Gasteiger partial charge in [0, 0.05) is 16.7 Å². The number of benzene rings is 4. The Morgan fingerprint density at radius 1 is 0.703 bits per heavy atom. The highest BCUT2D eigenvalue weighted by atomic mass is 19.4. The standard InChI is InChI=1S/C30H20F6O/c1-3-20-14-22(11-10-21(20)9-8-19-6-4-18(2)5-7-19)23-12-13-25(26(31)15-23)24-16-27(32)29(28(33)17-24)37-30(34,35)36/h4-7,10-17H,3H2,1-2H3. The van der Waals surface area contributed by atoms with Crippen molar-refractivity contribution in [3.8, 4) is 39.8 Å². The molecule has 4 rings (SSSR count). The molecule has 4 aromatic rings. The number of hydrogen-bond donors (Lipinski definition) is 0. The fourth-order valence-corrected chi connectivity index (χ4v) is 3.82. The minimum atomic E-state index is -5.27. The van der Waals surface area contributed by atoms with Gasteiger partial charge in [-0.3, -0.25) is 0 Å². The summed E-state index contributed by atoms with van der Waals surface area (Å²) in [6, 6.07) is 18.7. The van der Waals surface area contributed by atoms with Crippen LogP contribution in [0.15, 0.2) is 72.8 Å². The molecule has 0 aliphatic carbocycles. The van der Waals surface area contributed by atoms with Crippen molar-refractivity contribution in [1.82, 2.24) is 0 Å². The van der Waals surface area contributed by atoms with E-state index in [4.69, 9.17) is 0 Å².